The Hall–Kier alpha value is -2.58. The molecule has 13 nitrogen and oxygen atoms in total. The van der Waals surface area contributed by atoms with Gasteiger partial charge >= 0.3 is 5.97 Å². The molecule has 13 heteroatoms. The first-order valence-electron chi connectivity index (χ1n) is 7.29. The highest BCUT2D eigenvalue weighted by Gasteiger charge is 2.20. The van der Waals surface area contributed by atoms with Gasteiger partial charge in [0.15, 0.2) is 6.73 Å². The van der Waals surface area contributed by atoms with Crippen molar-refractivity contribution in [2.24, 2.45) is 0 Å². The molecule has 0 amide bonds. The van der Waals surface area contributed by atoms with Crippen molar-refractivity contribution < 1.29 is 35.1 Å². The van der Waals surface area contributed by atoms with Gasteiger partial charge in [0, 0.05) is 5.57 Å². The Labute approximate surface area is 149 Å². The molecule has 1 rings (SSSR count). The van der Waals surface area contributed by atoms with Crippen molar-refractivity contribution >= 4 is 23.8 Å². The van der Waals surface area contributed by atoms with Crippen molar-refractivity contribution in [3.63, 3.8) is 0 Å². The predicted molar refractivity (Wildman–Crippen MR) is 88.5 cm³/mol. The molecule has 0 aliphatic heterocycles. The lowest BCUT2D eigenvalue weighted by Crippen LogP contribution is -2.35. The van der Waals surface area contributed by atoms with Crippen LogP contribution >= 0.6 is 0 Å². The number of rotatable bonds is 11. The van der Waals surface area contributed by atoms with Crippen molar-refractivity contribution in [3.05, 3.63) is 12.2 Å². The van der Waals surface area contributed by atoms with Crippen LogP contribution in [0.3, 0.4) is 0 Å². The molecule has 0 atom stereocenters. The Balaban J connectivity index is 3.23. The molecule has 26 heavy (non-hydrogen) atoms. The second kappa shape index (κ2) is 10.4. The summed E-state index contributed by atoms with van der Waals surface area (Å²) in [5, 5.41) is 46.5. The number of ether oxygens (including phenoxy) is 1. The molecule has 0 unspecified atom stereocenters. The van der Waals surface area contributed by atoms with Crippen molar-refractivity contribution in [2.75, 3.05) is 55.1 Å². The summed E-state index contributed by atoms with van der Waals surface area (Å²) in [4.78, 5) is 26.3. The molecule has 0 aromatic carbocycles. The third kappa shape index (κ3) is 5.47. The van der Waals surface area contributed by atoms with Crippen LogP contribution in [-0.4, -0.2) is 86.8 Å². The highest BCUT2D eigenvalue weighted by atomic mass is 16.5. The zero-order valence-corrected chi connectivity index (χ0v) is 14.2. The summed E-state index contributed by atoms with van der Waals surface area (Å²) in [5.74, 6) is -1.29. The van der Waals surface area contributed by atoms with E-state index >= 15 is 0 Å². The molecule has 0 radical (unpaired) electrons. The van der Waals surface area contributed by atoms with Gasteiger partial charge in [-0.15, -0.1) is 0 Å². The smallest absolute Gasteiger partial charge is 0.334 e. The van der Waals surface area contributed by atoms with Crippen LogP contribution in [0.25, 0.3) is 0 Å². The fraction of sp³-hybridized carbons (Fsp3) is 0.538. The van der Waals surface area contributed by atoms with Gasteiger partial charge in [-0.25, -0.2) is 4.79 Å². The number of aliphatic hydroxyl groups is 5. The first-order valence-corrected chi connectivity index (χ1v) is 7.29. The number of carbonyl (C=O) groups is 1. The minimum atomic E-state index is -0.697. The number of aromatic nitrogens is 3. The third-order valence-electron chi connectivity index (χ3n) is 3.00. The highest BCUT2D eigenvalue weighted by Crippen LogP contribution is 2.18. The van der Waals surface area contributed by atoms with Crippen molar-refractivity contribution in [1.82, 2.24) is 15.0 Å². The van der Waals surface area contributed by atoms with Gasteiger partial charge in [0.1, 0.15) is 33.7 Å². The number of hydrogen-bond donors (Lipinski definition) is 5. The molecule has 0 fully saturated rings. The normalized spacial score (nSPS) is 10.4. The van der Waals surface area contributed by atoms with Crippen LogP contribution < -0.4 is 14.7 Å². The zero-order valence-electron chi connectivity index (χ0n) is 14.2. The van der Waals surface area contributed by atoms with E-state index in [0.29, 0.717) is 0 Å². The fourth-order valence-electron chi connectivity index (χ4n) is 1.53. The number of carbonyl (C=O) groups excluding carboxylic acids is 1. The molecular weight excluding hydrogens is 352 g/mol. The van der Waals surface area contributed by atoms with Crippen LogP contribution in [0.5, 0.6) is 0 Å². The van der Waals surface area contributed by atoms with Crippen LogP contribution in [0.15, 0.2) is 12.2 Å². The topological polar surface area (TPSA) is 176 Å². The lowest BCUT2D eigenvalue weighted by molar-refractivity contribution is -0.139. The Kier molecular flexibility index (Phi) is 8.60. The van der Waals surface area contributed by atoms with E-state index in [4.69, 9.17) is 4.74 Å². The Morgan fingerprint density at radius 2 is 1.19 bits per heavy atom. The zero-order chi connectivity index (χ0) is 19.7. The molecule has 0 spiro atoms. The average molecular weight is 374 g/mol. The minimum absolute atomic E-state index is 0.151. The number of aliphatic hydroxyl groups excluding tert-OH is 5. The Morgan fingerprint density at radius 3 is 1.50 bits per heavy atom. The summed E-state index contributed by atoms with van der Waals surface area (Å²) in [6, 6.07) is 0. The van der Waals surface area contributed by atoms with E-state index in [-0.39, 0.29) is 23.4 Å². The van der Waals surface area contributed by atoms with Crippen LogP contribution in [0.2, 0.25) is 0 Å². The van der Waals surface area contributed by atoms with Gasteiger partial charge < -0.3 is 30.3 Å². The molecule has 0 aliphatic rings. The average Bonchev–Trinajstić information content (AvgIpc) is 2.64. The van der Waals surface area contributed by atoms with E-state index in [1.807, 2.05) is 0 Å². The molecule has 0 saturated heterocycles. The molecule has 1 aromatic heterocycles. The van der Waals surface area contributed by atoms with Gasteiger partial charge in [0.25, 0.3) is 0 Å². The molecule has 1 aromatic rings. The summed E-state index contributed by atoms with van der Waals surface area (Å²) in [6.07, 6.45) is 0. The quantitative estimate of drug-likeness (QED) is 0.152. The van der Waals surface area contributed by atoms with Crippen LogP contribution in [0, 0.1) is 0 Å². The Bertz CT molecular complexity index is 578. The largest absolute Gasteiger partial charge is 0.441 e. The lowest BCUT2D eigenvalue weighted by atomic mass is 10.4. The summed E-state index contributed by atoms with van der Waals surface area (Å²) in [5.41, 5.74) is 0.151. The van der Waals surface area contributed by atoms with Gasteiger partial charge in [-0.3, -0.25) is 14.7 Å². The van der Waals surface area contributed by atoms with Gasteiger partial charge in [-0.2, -0.15) is 15.0 Å². The van der Waals surface area contributed by atoms with Crippen molar-refractivity contribution in [3.8, 4) is 0 Å². The molecule has 146 valence electrons. The molecule has 0 bridgehead atoms. The van der Waals surface area contributed by atoms with Gasteiger partial charge in [0.2, 0.25) is 17.8 Å². The second-order valence-corrected chi connectivity index (χ2v) is 4.90. The highest BCUT2D eigenvalue weighted by molar-refractivity contribution is 5.87. The summed E-state index contributed by atoms with van der Waals surface area (Å²) < 4.78 is 4.92. The summed E-state index contributed by atoms with van der Waals surface area (Å²) in [6.45, 7) is 1.25. The maximum atomic E-state index is 11.5. The standard InChI is InChI=1S/C13H22N6O7/c1-9(2)10(25)26-8-19(7-24)13-15-11(17(3-20)4-21)14-12(16-13)18(5-22)6-23/h20-24H,1,3-8H2,2H3. The monoisotopic (exact) mass is 374 g/mol. The maximum Gasteiger partial charge on any atom is 0.334 e. The molecule has 1 heterocycles. The summed E-state index contributed by atoms with van der Waals surface area (Å²) in [7, 11) is 0. The van der Waals surface area contributed by atoms with Crippen LogP contribution in [-0.2, 0) is 9.53 Å². The number of esters is 1. The molecule has 0 aliphatic carbocycles. The first kappa shape index (κ1) is 21.5. The van der Waals surface area contributed by atoms with Gasteiger partial charge in [-0.1, -0.05) is 6.58 Å². The van der Waals surface area contributed by atoms with E-state index < -0.39 is 46.4 Å². The van der Waals surface area contributed by atoms with E-state index in [1.165, 1.54) is 6.92 Å². The van der Waals surface area contributed by atoms with E-state index in [1.54, 1.807) is 0 Å². The van der Waals surface area contributed by atoms with Crippen LogP contribution in [0.1, 0.15) is 6.92 Å². The third-order valence-corrected chi connectivity index (χ3v) is 3.00. The van der Waals surface area contributed by atoms with E-state index in [2.05, 4.69) is 21.5 Å². The SMILES string of the molecule is C=C(C)C(=O)OCN(CO)c1nc(N(CO)CO)nc(N(CO)CO)n1. The van der Waals surface area contributed by atoms with Gasteiger partial charge in [0.05, 0.1) is 0 Å². The Morgan fingerprint density at radius 1 is 0.846 bits per heavy atom. The van der Waals surface area contributed by atoms with E-state index in [0.717, 1.165) is 14.7 Å². The maximum absolute atomic E-state index is 11.5. The second-order valence-electron chi connectivity index (χ2n) is 4.90. The number of hydrogen-bond acceptors (Lipinski definition) is 13. The van der Waals surface area contributed by atoms with Crippen molar-refractivity contribution in [1.29, 1.82) is 0 Å². The first-order chi connectivity index (χ1) is 12.4. The van der Waals surface area contributed by atoms with Crippen molar-refractivity contribution in [2.45, 2.75) is 6.92 Å². The molecular formula is C13H22N6O7. The fourth-order valence-corrected chi connectivity index (χ4v) is 1.53. The molecule has 0 saturated carbocycles. The molecule has 5 N–H and O–H groups in total. The summed E-state index contributed by atoms with van der Waals surface area (Å²) >= 11 is 0. The lowest BCUT2D eigenvalue weighted by Gasteiger charge is -2.25. The number of nitrogens with zero attached hydrogens (tertiary/aromatic N) is 6. The van der Waals surface area contributed by atoms with Crippen LogP contribution in [0.4, 0.5) is 17.8 Å². The van der Waals surface area contributed by atoms with E-state index in [9.17, 15) is 30.3 Å². The number of anilines is 3. The predicted octanol–water partition coefficient (Wildman–Crippen LogP) is -2.88. The minimum Gasteiger partial charge on any atom is -0.441 e. The van der Waals surface area contributed by atoms with Gasteiger partial charge in [-0.05, 0) is 6.92 Å².